The number of aliphatic carboxylic acids is 1. The summed E-state index contributed by atoms with van der Waals surface area (Å²) in [4.78, 5) is 35.2. The summed E-state index contributed by atoms with van der Waals surface area (Å²) in [6.07, 6.45) is 66.1. The molecule has 0 aliphatic heterocycles. The molecule has 0 heterocycles. The Hall–Kier alpha value is -3.15. The molecule has 2 N–H and O–H groups in total. The number of nitrogens with one attached hydrogen (secondary N) is 1. The molecule has 344 valence electrons. The van der Waals surface area contributed by atoms with Crippen LogP contribution >= 0.6 is 0 Å². The Bertz CT molecular complexity index is 1150. The van der Waals surface area contributed by atoms with E-state index < -0.39 is 5.97 Å². The van der Waals surface area contributed by atoms with Gasteiger partial charge in [-0.3, -0.25) is 14.4 Å². The van der Waals surface area contributed by atoms with Crippen molar-refractivity contribution in [3.05, 3.63) is 72.9 Å². The maximum atomic E-state index is 12.8. The van der Waals surface area contributed by atoms with Crippen LogP contribution in [0.15, 0.2) is 72.9 Å². The van der Waals surface area contributed by atoms with E-state index in [0.29, 0.717) is 12.8 Å². The number of ether oxygens (including phenoxy) is 1. The van der Waals surface area contributed by atoms with Crippen LogP contribution in [0.25, 0.3) is 0 Å². The average Bonchev–Trinajstić information content (AvgIpc) is 3.24. The smallest absolute Gasteiger partial charge is 0.322 e. The second-order valence-electron chi connectivity index (χ2n) is 16.7. The first-order chi connectivity index (χ1) is 29.5. The largest absolute Gasteiger partial charge is 0.480 e. The van der Waals surface area contributed by atoms with Gasteiger partial charge in [0.1, 0.15) is 12.6 Å². The van der Waals surface area contributed by atoms with E-state index in [1.54, 1.807) is 0 Å². The predicted molar refractivity (Wildman–Crippen MR) is 258 cm³/mol. The summed E-state index contributed by atoms with van der Waals surface area (Å²) < 4.78 is 6.05. The van der Waals surface area contributed by atoms with Gasteiger partial charge in [-0.05, 0) is 109 Å². The van der Waals surface area contributed by atoms with Gasteiger partial charge in [-0.15, -0.1) is 0 Å². The molecule has 0 aliphatic rings. The number of unbranched alkanes of at least 4 members (excludes halogenated alkanes) is 22. The van der Waals surface area contributed by atoms with Crippen molar-refractivity contribution in [2.75, 3.05) is 6.54 Å². The predicted octanol–water partition coefficient (Wildman–Crippen LogP) is 16.1. The number of carbonyl (C=O) groups excluding carboxylic acids is 2. The van der Waals surface area contributed by atoms with Gasteiger partial charge in [0.2, 0.25) is 5.91 Å². The van der Waals surface area contributed by atoms with Crippen molar-refractivity contribution < 1.29 is 24.2 Å². The van der Waals surface area contributed by atoms with Crippen molar-refractivity contribution in [1.82, 2.24) is 5.32 Å². The summed E-state index contributed by atoms with van der Waals surface area (Å²) in [7, 11) is 0. The number of hydrogen-bond acceptors (Lipinski definition) is 4. The van der Waals surface area contributed by atoms with Crippen molar-refractivity contribution >= 4 is 17.8 Å². The van der Waals surface area contributed by atoms with Crippen molar-refractivity contribution in [2.45, 2.75) is 245 Å². The number of amides is 1. The first kappa shape index (κ1) is 56.9. The molecule has 0 radical (unpaired) electrons. The molecular weight excluding hydrogens is 743 g/mol. The monoisotopic (exact) mass is 836 g/mol. The second kappa shape index (κ2) is 48.5. The Balaban J connectivity index is 4.15. The number of carboxylic acids is 1. The minimum Gasteiger partial charge on any atom is -0.480 e. The van der Waals surface area contributed by atoms with Gasteiger partial charge in [-0.25, -0.2) is 0 Å². The van der Waals surface area contributed by atoms with Gasteiger partial charge in [0.15, 0.2) is 0 Å². The maximum Gasteiger partial charge on any atom is 0.322 e. The van der Waals surface area contributed by atoms with Crippen LogP contribution in [0.5, 0.6) is 0 Å². The number of allylic oxidation sites excluding steroid dienone is 12. The molecule has 0 aromatic carbocycles. The molecule has 0 saturated carbocycles. The van der Waals surface area contributed by atoms with Gasteiger partial charge in [0.25, 0.3) is 0 Å². The Labute approximate surface area is 370 Å². The molecule has 0 aliphatic carbocycles. The fourth-order valence-corrected chi connectivity index (χ4v) is 7.18. The summed E-state index contributed by atoms with van der Waals surface area (Å²) >= 11 is 0. The molecule has 0 bridgehead atoms. The minimum atomic E-state index is -1.02. The average molecular weight is 836 g/mol. The Morgan fingerprint density at radius 3 is 1.27 bits per heavy atom. The Morgan fingerprint density at radius 1 is 0.450 bits per heavy atom. The molecule has 6 heteroatoms. The zero-order chi connectivity index (χ0) is 43.7. The fraction of sp³-hybridized carbons (Fsp3) is 0.722. The van der Waals surface area contributed by atoms with Gasteiger partial charge in [-0.2, -0.15) is 0 Å². The lowest BCUT2D eigenvalue weighted by Crippen LogP contribution is -2.28. The zero-order valence-corrected chi connectivity index (χ0v) is 39.0. The Morgan fingerprint density at radius 2 is 0.817 bits per heavy atom. The zero-order valence-electron chi connectivity index (χ0n) is 39.0. The van der Waals surface area contributed by atoms with Gasteiger partial charge in [0, 0.05) is 12.8 Å². The van der Waals surface area contributed by atoms with Gasteiger partial charge in [-0.1, -0.05) is 189 Å². The van der Waals surface area contributed by atoms with Crippen LogP contribution in [0.3, 0.4) is 0 Å². The quantitative estimate of drug-likeness (QED) is 0.0362. The van der Waals surface area contributed by atoms with E-state index in [2.05, 4.69) is 92.1 Å². The van der Waals surface area contributed by atoms with Crippen LogP contribution in [0.2, 0.25) is 0 Å². The van der Waals surface area contributed by atoms with Crippen LogP contribution in [0.4, 0.5) is 0 Å². The van der Waals surface area contributed by atoms with Crippen molar-refractivity contribution in [2.24, 2.45) is 0 Å². The first-order valence-corrected chi connectivity index (χ1v) is 25.1. The molecular formula is C54H93NO5. The Kier molecular flexibility index (Phi) is 46.0. The SMILES string of the molecule is CC/C=C\C/C=C\C/C=C\C/C=C\CCCCCCCCCCCCC(=O)OC(CCCCC/C=C\C/C=C\CCCCCCC)CCCCCCCC(=O)NCC(=O)O. The number of hydrogen-bond donors (Lipinski definition) is 2. The van der Waals surface area contributed by atoms with E-state index >= 15 is 0 Å². The number of carbonyl (C=O) groups is 3. The van der Waals surface area contributed by atoms with E-state index in [4.69, 9.17) is 9.84 Å². The van der Waals surface area contributed by atoms with Crippen molar-refractivity contribution in [3.8, 4) is 0 Å². The van der Waals surface area contributed by atoms with E-state index in [1.807, 2.05) is 0 Å². The summed E-state index contributed by atoms with van der Waals surface area (Å²) in [5, 5.41) is 11.1. The van der Waals surface area contributed by atoms with E-state index in [0.717, 1.165) is 109 Å². The third-order valence-corrected chi connectivity index (χ3v) is 10.9. The first-order valence-electron chi connectivity index (χ1n) is 25.1. The lowest BCUT2D eigenvalue weighted by Gasteiger charge is -2.18. The normalized spacial score (nSPS) is 12.7. The lowest BCUT2D eigenvalue weighted by atomic mass is 10.0. The van der Waals surface area contributed by atoms with Crippen LogP contribution in [-0.2, 0) is 19.1 Å². The third-order valence-electron chi connectivity index (χ3n) is 10.9. The van der Waals surface area contributed by atoms with Crippen LogP contribution in [-0.4, -0.2) is 35.6 Å². The highest BCUT2D eigenvalue weighted by molar-refractivity contribution is 5.80. The fourth-order valence-electron chi connectivity index (χ4n) is 7.18. The third kappa shape index (κ3) is 47.5. The van der Waals surface area contributed by atoms with Crippen molar-refractivity contribution in [1.29, 1.82) is 0 Å². The topological polar surface area (TPSA) is 92.7 Å². The van der Waals surface area contributed by atoms with E-state index in [1.165, 1.54) is 103 Å². The van der Waals surface area contributed by atoms with Gasteiger partial charge < -0.3 is 15.2 Å². The van der Waals surface area contributed by atoms with E-state index in [9.17, 15) is 14.4 Å². The molecule has 1 amide bonds. The number of esters is 1. The molecule has 0 saturated heterocycles. The van der Waals surface area contributed by atoms with Crippen LogP contribution in [0.1, 0.15) is 239 Å². The summed E-state index contributed by atoms with van der Waals surface area (Å²) in [5.41, 5.74) is 0. The van der Waals surface area contributed by atoms with Crippen LogP contribution in [0, 0.1) is 0 Å². The molecule has 6 nitrogen and oxygen atoms in total. The molecule has 60 heavy (non-hydrogen) atoms. The summed E-state index contributed by atoms with van der Waals surface area (Å²) in [6, 6.07) is 0. The maximum absolute atomic E-state index is 12.8. The number of carboxylic acid groups (broad SMARTS) is 1. The second-order valence-corrected chi connectivity index (χ2v) is 16.7. The summed E-state index contributed by atoms with van der Waals surface area (Å²) in [5.74, 6) is -1.25. The molecule has 0 aromatic heterocycles. The molecule has 0 spiro atoms. The molecule has 0 fully saturated rings. The molecule has 1 unspecified atom stereocenters. The molecule has 0 rings (SSSR count). The summed E-state index contributed by atoms with van der Waals surface area (Å²) in [6.45, 7) is 4.11. The minimum absolute atomic E-state index is 0.00383. The van der Waals surface area contributed by atoms with Crippen molar-refractivity contribution in [3.63, 3.8) is 0 Å². The molecule has 1 atom stereocenters. The standard InChI is InChI=1S/C54H93NO5/c1-3-5-7-9-11-13-15-17-19-20-21-22-23-24-25-26-28-30-32-34-36-41-45-49-54(59)60-51(47-43-39-37-40-44-48-52(56)55-50-53(57)58)46-42-38-35-33-31-29-27-18-16-14-12-10-8-6-4-2/h5,7,11,13,16-19,21-22,29,31,51H,3-4,6,8-10,12,14-15,20,23-28,30,32-50H2,1-2H3,(H,55,56)(H,57,58)/b7-5-,13-11-,18-16-,19-17-,22-21-,31-29-. The van der Waals surface area contributed by atoms with Gasteiger partial charge >= 0.3 is 11.9 Å². The highest BCUT2D eigenvalue weighted by Gasteiger charge is 2.14. The van der Waals surface area contributed by atoms with E-state index in [-0.39, 0.29) is 24.5 Å². The highest BCUT2D eigenvalue weighted by atomic mass is 16.5. The highest BCUT2D eigenvalue weighted by Crippen LogP contribution is 2.19. The molecule has 0 aromatic rings. The number of rotatable bonds is 45. The van der Waals surface area contributed by atoms with Crippen LogP contribution < -0.4 is 5.32 Å². The van der Waals surface area contributed by atoms with Gasteiger partial charge in [0.05, 0.1) is 0 Å². The lowest BCUT2D eigenvalue weighted by molar-refractivity contribution is -0.150.